The van der Waals surface area contributed by atoms with E-state index in [0.717, 1.165) is 55.8 Å². The van der Waals surface area contributed by atoms with Gasteiger partial charge in [-0.1, -0.05) is 48.8 Å². The van der Waals surface area contributed by atoms with Crippen LogP contribution >= 0.6 is 0 Å². The molecule has 0 bridgehead atoms. The first-order valence-electron chi connectivity index (χ1n) is 11.2. The van der Waals surface area contributed by atoms with Gasteiger partial charge in [-0.3, -0.25) is 4.90 Å². The van der Waals surface area contributed by atoms with Crippen LogP contribution in [0.5, 0.6) is 0 Å². The molecule has 1 aliphatic rings. The molecular weight excluding hydrogens is 402 g/mol. The summed E-state index contributed by atoms with van der Waals surface area (Å²) >= 11 is 0. The Morgan fingerprint density at radius 3 is 2.41 bits per heavy atom. The van der Waals surface area contributed by atoms with Crippen molar-refractivity contribution in [2.45, 2.75) is 46.6 Å². The molecule has 0 spiro atoms. The zero-order valence-electron chi connectivity index (χ0n) is 19.2. The van der Waals surface area contributed by atoms with Crippen LogP contribution < -0.4 is 4.90 Å². The Kier molecular flexibility index (Phi) is 6.47. The first-order valence-corrected chi connectivity index (χ1v) is 11.2. The number of anilines is 1. The molecule has 2 aromatic heterocycles. The number of hydrogen-bond acceptors (Lipinski definition) is 8. The highest BCUT2D eigenvalue weighted by Crippen LogP contribution is 2.27. The van der Waals surface area contributed by atoms with Crippen molar-refractivity contribution in [3.05, 3.63) is 52.5 Å². The zero-order chi connectivity index (χ0) is 22.7. The minimum atomic E-state index is 0.0130. The van der Waals surface area contributed by atoms with E-state index in [1.165, 1.54) is 5.56 Å². The van der Waals surface area contributed by atoms with Crippen LogP contribution in [0.3, 0.4) is 0 Å². The molecule has 0 amide bonds. The maximum absolute atomic E-state index is 9.80. The van der Waals surface area contributed by atoms with Gasteiger partial charge in [0, 0.05) is 31.7 Å². The summed E-state index contributed by atoms with van der Waals surface area (Å²) in [7, 11) is 0. The van der Waals surface area contributed by atoms with Crippen molar-refractivity contribution in [1.29, 1.82) is 5.26 Å². The van der Waals surface area contributed by atoms with Crippen LogP contribution in [-0.4, -0.2) is 51.4 Å². The average Bonchev–Trinajstić information content (AvgIpc) is 3.33. The first-order chi connectivity index (χ1) is 15.5. The lowest BCUT2D eigenvalue weighted by molar-refractivity contribution is 0.164. The van der Waals surface area contributed by atoms with Gasteiger partial charge in [-0.25, -0.2) is 0 Å². The van der Waals surface area contributed by atoms with Gasteiger partial charge in [0.1, 0.15) is 11.6 Å². The molecule has 1 aliphatic heterocycles. The van der Waals surface area contributed by atoms with Crippen LogP contribution in [0, 0.1) is 18.3 Å². The Morgan fingerprint density at radius 2 is 1.78 bits per heavy atom. The third kappa shape index (κ3) is 4.21. The topological polar surface area (TPSA) is 95.0 Å². The second-order valence-corrected chi connectivity index (χ2v) is 8.16. The van der Waals surface area contributed by atoms with Crippen LogP contribution in [0.2, 0.25) is 0 Å². The van der Waals surface area contributed by atoms with E-state index in [1.54, 1.807) is 0 Å². The Hall–Kier alpha value is -3.31. The fourth-order valence-electron chi connectivity index (χ4n) is 4.20. The van der Waals surface area contributed by atoms with E-state index in [9.17, 15) is 5.26 Å². The maximum atomic E-state index is 9.80. The molecule has 0 radical (unpaired) electrons. The molecule has 1 saturated heterocycles. The molecule has 8 nitrogen and oxygen atoms in total. The van der Waals surface area contributed by atoms with Crippen LogP contribution in [0.15, 0.2) is 28.8 Å². The number of rotatable bonds is 6. The molecule has 1 fully saturated rings. The highest BCUT2D eigenvalue weighted by atomic mass is 16.5. The van der Waals surface area contributed by atoms with Gasteiger partial charge in [0.2, 0.25) is 11.7 Å². The Labute approximate surface area is 188 Å². The Balaban J connectivity index is 1.45. The molecule has 1 aromatic carbocycles. The van der Waals surface area contributed by atoms with E-state index in [0.29, 0.717) is 23.1 Å². The summed E-state index contributed by atoms with van der Waals surface area (Å²) in [5.74, 6) is 1.93. The number of nitriles is 1. The highest BCUT2D eigenvalue weighted by Gasteiger charge is 2.28. The van der Waals surface area contributed by atoms with Gasteiger partial charge >= 0.3 is 0 Å². The van der Waals surface area contributed by atoms with Gasteiger partial charge in [0.15, 0.2) is 5.82 Å². The normalized spacial score (nSPS) is 15.5. The molecule has 0 aliphatic carbocycles. The molecule has 0 saturated carbocycles. The largest absolute Gasteiger partial charge is 0.351 e. The lowest BCUT2D eigenvalue weighted by atomic mass is 10.0. The number of piperazine rings is 1. The number of hydrogen-bond donors (Lipinski definition) is 0. The molecule has 3 heterocycles. The molecule has 0 N–H and O–H groups in total. The summed E-state index contributed by atoms with van der Waals surface area (Å²) in [5, 5.41) is 22.8. The molecule has 166 valence electrons. The van der Waals surface area contributed by atoms with Gasteiger partial charge in [0.05, 0.1) is 11.7 Å². The molecular formula is C24H29N7O. The van der Waals surface area contributed by atoms with Crippen molar-refractivity contribution in [2.24, 2.45) is 0 Å². The molecule has 8 heteroatoms. The van der Waals surface area contributed by atoms with Gasteiger partial charge in [0.25, 0.3) is 0 Å². The van der Waals surface area contributed by atoms with Gasteiger partial charge < -0.3 is 9.42 Å². The third-order valence-electron chi connectivity index (χ3n) is 6.21. The quantitative estimate of drug-likeness (QED) is 0.583. The minimum absolute atomic E-state index is 0.0130. The Bertz CT molecular complexity index is 1110. The maximum Gasteiger partial charge on any atom is 0.244 e. The first kappa shape index (κ1) is 21.9. The highest BCUT2D eigenvalue weighted by molar-refractivity contribution is 5.58. The zero-order valence-corrected chi connectivity index (χ0v) is 19.2. The Morgan fingerprint density at radius 1 is 1.06 bits per heavy atom. The van der Waals surface area contributed by atoms with Crippen LogP contribution in [0.25, 0.3) is 11.4 Å². The number of aryl methyl sites for hydroxylation is 2. The third-order valence-corrected chi connectivity index (χ3v) is 6.21. The summed E-state index contributed by atoms with van der Waals surface area (Å²) in [4.78, 5) is 9.12. The average molecular weight is 432 g/mol. The van der Waals surface area contributed by atoms with E-state index in [4.69, 9.17) is 4.52 Å². The van der Waals surface area contributed by atoms with Gasteiger partial charge in [-0.15, -0.1) is 5.10 Å². The fourth-order valence-corrected chi connectivity index (χ4v) is 4.20. The summed E-state index contributed by atoms with van der Waals surface area (Å²) < 4.78 is 5.59. The van der Waals surface area contributed by atoms with E-state index in [-0.39, 0.29) is 6.04 Å². The van der Waals surface area contributed by atoms with Crippen molar-refractivity contribution in [1.82, 2.24) is 25.2 Å². The van der Waals surface area contributed by atoms with Crippen molar-refractivity contribution >= 4 is 5.82 Å². The number of aromatic nitrogens is 4. The minimum Gasteiger partial charge on any atom is -0.351 e. The van der Waals surface area contributed by atoms with Crippen molar-refractivity contribution in [2.75, 3.05) is 31.1 Å². The van der Waals surface area contributed by atoms with E-state index in [2.05, 4.69) is 57.0 Å². The summed E-state index contributed by atoms with van der Waals surface area (Å²) in [6.45, 7) is 11.4. The smallest absolute Gasteiger partial charge is 0.244 e. The summed E-state index contributed by atoms with van der Waals surface area (Å²) in [5.41, 5.74) is 4.75. The fraction of sp³-hybridized carbons (Fsp3) is 0.458. The lowest BCUT2D eigenvalue weighted by Gasteiger charge is -2.37. The summed E-state index contributed by atoms with van der Waals surface area (Å²) in [6.07, 6.45) is 1.57. The standard InChI is InChI=1S/C24H29N7O/c1-5-19-20(15-25)23(28-27-21(19)6-2)31-13-11-30(12-14-31)17(4)24-26-22(29-32-24)18-9-7-16(3)8-10-18/h7-10,17H,5-6,11-14H2,1-4H3. The number of benzene rings is 1. The molecule has 3 aromatic rings. The molecule has 4 rings (SSSR count). The van der Waals surface area contributed by atoms with Gasteiger partial charge in [-0.2, -0.15) is 15.3 Å². The number of nitrogens with zero attached hydrogens (tertiary/aromatic N) is 7. The monoisotopic (exact) mass is 431 g/mol. The second kappa shape index (κ2) is 9.45. The van der Waals surface area contributed by atoms with E-state index >= 15 is 0 Å². The molecule has 32 heavy (non-hydrogen) atoms. The lowest BCUT2D eigenvalue weighted by Crippen LogP contribution is -2.48. The van der Waals surface area contributed by atoms with Crippen LogP contribution in [-0.2, 0) is 12.8 Å². The predicted octanol–water partition coefficient (Wildman–Crippen LogP) is 3.71. The van der Waals surface area contributed by atoms with E-state index in [1.807, 2.05) is 31.2 Å². The summed E-state index contributed by atoms with van der Waals surface area (Å²) in [6, 6.07) is 10.5. The molecule has 1 unspecified atom stereocenters. The van der Waals surface area contributed by atoms with E-state index < -0.39 is 0 Å². The SMILES string of the molecule is CCc1nnc(N2CCN(C(C)c3nc(-c4ccc(C)cc4)no3)CC2)c(C#N)c1CC. The van der Waals surface area contributed by atoms with Crippen molar-refractivity contribution in [3.8, 4) is 17.5 Å². The molecule has 1 atom stereocenters. The second-order valence-electron chi connectivity index (χ2n) is 8.16. The van der Waals surface area contributed by atoms with Gasteiger partial charge in [-0.05, 0) is 32.3 Å². The van der Waals surface area contributed by atoms with Crippen LogP contribution in [0.4, 0.5) is 5.82 Å². The van der Waals surface area contributed by atoms with Crippen molar-refractivity contribution < 1.29 is 4.52 Å². The van der Waals surface area contributed by atoms with Crippen molar-refractivity contribution in [3.63, 3.8) is 0 Å². The predicted molar refractivity (Wildman–Crippen MR) is 122 cm³/mol. The van der Waals surface area contributed by atoms with Crippen LogP contribution in [0.1, 0.15) is 55.1 Å².